The number of benzene rings is 2. The fourth-order valence-electron chi connectivity index (χ4n) is 3.04. The van der Waals surface area contributed by atoms with Gasteiger partial charge in [-0.15, -0.1) is 0 Å². The number of ether oxygens (including phenoxy) is 1. The third kappa shape index (κ3) is 3.74. The second-order valence-electron chi connectivity index (χ2n) is 6.31. The van der Waals surface area contributed by atoms with E-state index in [2.05, 4.69) is 10.1 Å². The molecule has 3 aromatic rings. The molecule has 138 valence electrons. The van der Waals surface area contributed by atoms with Crippen LogP contribution in [0.15, 0.2) is 59.1 Å². The summed E-state index contributed by atoms with van der Waals surface area (Å²) in [5.74, 6) is 0.547. The van der Waals surface area contributed by atoms with E-state index in [-0.39, 0.29) is 24.9 Å². The van der Waals surface area contributed by atoms with E-state index in [1.807, 2.05) is 36.4 Å². The molecule has 7 nitrogen and oxygen atoms in total. The number of carbonyl (C=O) groups excluding carboxylic acids is 1. The van der Waals surface area contributed by atoms with Crippen molar-refractivity contribution in [3.05, 3.63) is 60.2 Å². The van der Waals surface area contributed by atoms with Crippen LogP contribution < -0.4 is 0 Å². The third-order valence-corrected chi connectivity index (χ3v) is 4.38. The largest absolute Gasteiger partial charge is 0.389 e. The minimum atomic E-state index is -0.698. The number of aromatic nitrogens is 2. The van der Waals surface area contributed by atoms with E-state index in [0.717, 1.165) is 5.56 Å². The Morgan fingerprint density at radius 2 is 1.89 bits per heavy atom. The first-order valence-electron chi connectivity index (χ1n) is 8.76. The molecular formula is C20H19N3O4. The van der Waals surface area contributed by atoms with Crippen molar-refractivity contribution in [2.75, 3.05) is 26.3 Å². The van der Waals surface area contributed by atoms with Crippen LogP contribution in [0, 0.1) is 0 Å². The third-order valence-electron chi connectivity index (χ3n) is 4.38. The molecule has 0 radical (unpaired) electrons. The van der Waals surface area contributed by atoms with Crippen molar-refractivity contribution in [1.29, 1.82) is 0 Å². The predicted octanol–water partition coefficient (Wildman–Crippen LogP) is 2.24. The Bertz CT molecular complexity index is 926. The smallest absolute Gasteiger partial charge is 0.259 e. The average molecular weight is 365 g/mol. The van der Waals surface area contributed by atoms with Gasteiger partial charge in [0.2, 0.25) is 5.82 Å². The van der Waals surface area contributed by atoms with Gasteiger partial charge in [0.15, 0.2) is 0 Å². The maximum Gasteiger partial charge on any atom is 0.259 e. The lowest BCUT2D eigenvalue weighted by Crippen LogP contribution is -2.37. The Labute approximate surface area is 156 Å². The number of hydrogen-bond donors (Lipinski definition) is 1. The first-order chi connectivity index (χ1) is 13.2. The van der Waals surface area contributed by atoms with Crippen LogP contribution in [0.25, 0.3) is 22.8 Å². The van der Waals surface area contributed by atoms with E-state index in [1.165, 1.54) is 0 Å². The summed E-state index contributed by atoms with van der Waals surface area (Å²) < 4.78 is 10.7. The predicted molar refractivity (Wildman–Crippen MR) is 97.9 cm³/mol. The van der Waals surface area contributed by atoms with Crippen LogP contribution in [0.3, 0.4) is 0 Å². The highest BCUT2D eigenvalue weighted by molar-refractivity contribution is 6.00. The molecule has 1 saturated heterocycles. The second-order valence-corrected chi connectivity index (χ2v) is 6.31. The molecule has 1 N–H and O–H groups in total. The van der Waals surface area contributed by atoms with Crippen molar-refractivity contribution >= 4 is 5.91 Å². The summed E-state index contributed by atoms with van der Waals surface area (Å²) in [7, 11) is 0. The number of carbonyl (C=O) groups is 1. The van der Waals surface area contributed by atoms with Gasteiger partial charge in [-0.25, -0.2) is 0 Å². The number of amides is 1. The zero-order valence-electron chi connectivity index (χ0n) is 14.6. The lowest BCUT2D eigenvalue weighted by Gasteiger charge is -2.22. The molecule has 1 aromatic heterocycles. The van der Waals surface area contributed by atoms with Gasteiger partial charge in [0.05, 0.1) is 30.4 Å². The molecule has 4 rings (SSSR count). The van der Waals surface area contributed by atoms with Crippen LogP contribution in [-0.2, 0) is 4.74 Å². The van der Waals surface area contributed by atoms with E-state index in [9.17, 15) is 9.90 Å². The quantitative estimate of drug-likeness (QED) is 0.766. The topological polar surface area (TPSA) is 88.7 Å². The Balaban J connectivity index is 1.65. The van der Waals surface area contributed by atoms with Crippen molar-refractivity contribution in [2.24, 2.45) is 0 Å². The van der Waals surface area contributed by atoms with E-state index in [1.54, 1.807) is 23.1 Å². The number of nitrogens with zero attached hydrogens (tertiary/aromatic N) is 3. The van der Waals surface area contributed by atoms with Crippen molar-refractivity contribution < 1.29 is 19.2 Å². The van der Waals surface area contributed by atoms with Crippen LogP contribution in [0.5, 0.6) is 0 Å². The van der Waals surface area contributed by atoms with E-state index < -0.39 is 6.10 Å². The van der Waals surface area contributed by atoms with Crippen molar-refractivity contribution in [3.63, 3.8) is 0 Å². The van der Waals surface area contributed by atoms with Gasteiger partial charge in [0.1, 0.15) is 0 Å². The molecule has 0 bridgehead atoms. The van der Waals surface area contributed by atoms with E-state index >= 15 is 0 Å². The molecular weight excluding hydrogens is 346 g/mol. The molecule has 7 heteroatoms. The minimum absolute atomic E-state index is 0.199. The minimum Gasteiger partial charge on any atom is -0.389 e. The highest BCUT2D eigenvalue weighted by Gasteiger charge is 2.25. The number of β-amino-alcohol motifs (C(OH)–C–C–N with tert-alkyl or cyclic N) is 1. The molecule has 27 heavy (non-hydrogen) atoms. The normalized spacial score (nSPS) is 17.5. The summed E-state index contributed by atoms with van der Waals surface area (Å²) in [6.45, 7) is 1.27. The zero-order chi connectivity index (χ0) is 18.6. The first kappa shape index (κ1) is 17.4. The molecule has 0 aliphatic carbocycles. The van der Waals surface area contributed by atoms with Crippen LogP contribution in [-0.4, -0.2) is 58.5 Å². The van der Waals surface area contributed by atoms with Crippen LogP contribution in [0.4, 0.5) is 0 Å². The molecule has 0 spiro atoms. The van der Waals surface area contributed by atoms with Crippen LogP contribution >= 0.6 is 0 Å². The maximum atomic E-state index is 13.0. The van der Waals surface area contributed by atoms with Crippen molar-refractivity contribution in [2.45, 2.75) is 6.10 Å². The molecule has 0 unspecified atom stereocenters. The van der Waals surface area contributed by atoms with Gasteiger partial charge in [0.25, 0.3) is 11.8 Å². The Kier molecular flexibility index (Phi) is 4.95. The highest BCUT2D eigenvalue weighted by Crippen LogP contribution is 2.26. The van der Waals surface area contributed by atoms with Gasteiger partial charge in [-0.3, -0.25) is 4.79 Å². The fraction of sp³-hybridized carbons (Fsp3) is 0.250. The maximum absolute atomic E-state index is 13.0. The van der Waals surface area contributed by atoms with Crippen LogP contribution in [0.2, 0.25) is 0 Å². The summed E-state index contributed by atoms with van der Waals surface area (Å²) in [4.78, 5) is 19.1. The molecule has 2 aromatic carbocycles. The van der Waals surface area contributed by atoms with E-state index in [0.29, 0.717) is 30.1 Å². The average Bonchev–Trinajstić information content (AvgIpc) is 3.10. The Hall–Kier alpha value is -3.03. The van der Waals surface area contributed by atoms with Crippen LogP contribution in [0.1, 0.15) is 10.4 Å². The lowest BCUT2D eigenvalue weighted by molar-refractivity contribution is 0.0534. The molecule has 1 aliphatic rings. The summed E-state index contributed by atoms with van der Waals surface area (Å²) in [5, 5.41) is 13.9. The standard InChI is InChI=1S/C20H19N3O4/c24-15-12-23(10-11-26-13-15)20(25)17-9-5-4-8-16(17)19-21-18(22-27-19)14-6-2-1-3-7-14/h1-9,15,24H,10-13H2/t15-/m1/s1. The monoisotopic (exact) mass is 365 g/mol. The molecule has 1 fully saturated rings. The number of rotatable bonds is 3. The molecule has 1 amide bonds. The van der Waals surface area contributed by atoms with Crippen molar-refractivity contribution in [3.8, 4) is 22.8 Å². The van der Waals surface area contributed by atoms with Gasteiger partial charge in [0, 0.05) is 18.7 Å². The first-order valence-corrected chi connectivity index (χ1v) is 8.76. The molecule has 2 heterocycles. The second kappa shape index (κ2) is 7.69. The van der Waals surface area contributed by atoms with E-state index in [4.69, 9.17) is 9.26 Å². The molecule has 0 saturated carbocycles. The number of aliphatic hydroxyl groups is 1. The summed E-state index contributed by atoms with van der Waals surface area (Å²) in [6, 6.07) is 16.6. The lowest BCUT2D eigenvalue weighted by atomic mass is 10.1. The fourth-order valence-corrected chi connectivity index (χ4v) is 3.04. The summed E-state index contributed by atoms with van der Waals surface area (Å²) in [5.41, 5.74) is 1.86. The zero-order valence-corrected chi connectivity index (χ0v) is 14.6. The number of aliphatic hydroxyl groups excluding tert-OH is 1. The molecule has 1 atom stereocenters. The van der Waals surface area contributed by atoms with Gasteiger partial charge in [-0.1, -0.05) is 47.6 Å². The van der Waals surface area contributed by atoms with Gasteiger partial charge < -0.3 is 19.3 Å². The number of hydrogen-bond acceptors (Lipinski definition) is 6. The Morgan fingerprint density at radius 3 is 2.74 bits per heavy atom. The highest BCUT2D eigenvalue weighted by atomic mass is 16.5. The Morgan fingerprint density at radius 1 is 1.11 bits per heavy atom. The van der Waals surface area contributed by atoms with Gasteiger partial charge in [-0.2, -0.15) is 4.98 Å². The van der Waals surface area contributed by atoms with Gasteiger partial charge in [-0.05, 0) is 12.1 Å². The SMILES string of the molecule is O=C(c1ccccc1-c1nc(-c2ccccc2)no1)N1CCOC[C@H](O)C1. The van der Waals surface area contributed by atoms with Crippen molar-refractivity contribution in [1.82, 2.24) is 15.0 Å². The van der Waals surface area contributed by atoms with Gasteiger partial charge >= 0.3 is 0 Å². The summed E-state index contributed by atoms with van der Waals surface area (Å²) >= 11 is 0. The molecule has 1 aliphatic heterocycles. The summed E-state index contributed by atoms with van der Waals surface area (Å²) in [6.07, 6.45) is -0.698.